The lowest BCUT2D eigenvalue weighted by molar-refractivity contribution is 0.195. The van der Waals surface area contributed by atoms with E-state index in [2.05, 4.69) is 15.3 Å². The quantitative estimate of drug-likeness (QED) is 0.830. The van der Waals surface area contributed by atoms with E-state index in [0.717, 1.165) is 30.1 Å². The molecule has 9 heteroatoms. The molecule has 1 N–H and O–H groups in total. The van der Waals surface area contributed by atoms with Crippen molar-refractivity contribution in [1.82, 2.24) is 18.6 Å². The van der Waals surface area contributed by atoms with Gasteiger partial charge in [0.25, 0.3) is 10.2 Å². The summed E-state index contributed by atoms with van der Waals surface area (Å²) in [5.74, 6) is 1.54. The van der Waals surface area contributed by atoms with Crippen LogP contribution in [0.25, 0.3) is 0 Å². The van der Waals surface area contributed by atoms with Gasteiger partial charge in [-0.1, -0.05) is 0 Å². The Morgan fingerprint density at radius 1 is 1.25 bits per heavy atom. The van der Waals surface area contributed by atoms with Gasteiger partial charge in [-0.2, -0.15) is 17.0 Å². The van der Waals surface area contributed by atoms with Gasteiger partial charge in [0, 0.05) is 45.8 Å². The molecule has 1 aromatic heterocycles. The molecule has 1 aromatic rings. The second kappa shape index (κ2) is 6.91. The van der Waals surface area contributed by atoms with Crippen molar-refractivity contribution in [3.63, 3.8) is 0 Å². The third-order valence-electron chi connectivity index (χ3n) is 4.47. The number of hydrogen-bond donors (Lipinski definition) is 1. The fourth-order valence-corrected chi connectivity index (χ4v) is 4.23. The standard InChI is InChI=1S/C15H25N5O3S/c1-11-16-14-5-8-20(24(21,22)19(2)3)7-4-13(14)15(17-11)18-12-6-9-23-10-12/h12H,4-10H2,1-3H3,(H,16,17,18)/t12-/m0/s1. The maximum Gasteiger partial charge on any atom is 0.281 e. The monoisotopic (exact) mass is 355 g/mol. The molecular formula is C15H25N5O3S. The van der Waals surface area contributed by atoms with Crippen molar-refractivity contribution >= 4 is 16.0 Å². The van der Waals surface area contributed by atoms with Gasteiger partial charge in [0.05, 0.1) is 18.3 Å². The molecule has 0 spiro atoms. The van der Waals surface area contributed by atoms with Crippen molar-refractivity contribution in [2.24, 2.45) is 0 Å². The SMILES string of the molecule is Cc1nc2c(c(N[C@H]3CCOC3)n1)CCN(S(=O)(=O)N(C)C)CC2. The summed E-state index contributed by atoms with van der Waals surface area (Å²) >= 11 is 0. The first-order valence-corrected chi connectivity index (χ1v) is 9.66. The number of aryl methyl sites for hydroxylation is 1. The molecule has 3 heterocycles. The highest BCUT2D eigenvalue weighted by atomic mass is 32.2. The van der Waals surface area contributed by atoms with Gasteiger partial charge in [-0.3, -0.25) is 0 Å². The van der Waals surface area contributed by atoms with Crippen LogP contribution in [0, 0.1) is 6.92 Å². The van der Waals surface area contributed by atoms with Crippen LogP contribution < -0.4 is 5.32 Å². The molecule has 0 aliphatic carbocycles. The van der Waals surface area contributed by atoms with Gasteiger partial charge < -0.3 is 10.1 Å². The second-order valence-electron chi connectivity index (χ2n) is 6.44. The minimum absolute atomic E-state index is 0.258. The van der Waals surface area contributed by atoms with Gasteiger partial charge in [-0.05, 0) is 19.8 Å². The van der Waals surface area contributed by atoms with Crippen LogP contribution in [0.1, 0.15) is 23.5 Å². The molecule has 1 fully saturated rings. The number of fused-ring (bicyclic) bond motifs is 1. The van der Waals surface area contributed by atoms with Crippen LogP contribution in [0.2, 0.25) is 0 Å². The van der Waals surface area contributed by atoms with Crippen LogP contribution in [0.15, 0.2) is 0 Å². The molecule has 134 valence electrons. The van der Waals surface area contributed by atoms with Gasteiger partial charge in [0.2, 0.25) is 0 Å². The van der Waals surface area contributed by atoms with E-state index in [9.17, 15) is 8.42 Å². The average Bonchev–Trinajstić information content (AvgIpc) is 2.91. The summed E-state index contributed by atoms with van der Waals surface area (Å²) < 4.78 is 33.0. The molecule has 0 amide bonds. The first-order chi connectivity index (χ1) is 11.4. The summed E-state index contributed by atoms with van der Waals surface area (Å²) in [7, 11) is -0.288. The number of ether oxygens (including phenoxy) is 1. The average molecular weight is 355 g/mol. The molecule has 24 heavy (non-hydrogen) atoms. The van der Waals surface area contributed by atoms with Crippen molar-refractivity contribution in [2.75, 3.05) is 45.7 Å². The lowest BCUT2D eigenvalue weighted by Gasteiger charge is -2.23. The molecule has 2 aliphatic heterocycles. The van der Waals surface area contributed by atoms with E-state index in [-0.39, 0.29) is 6.04 Å². The van der Waals surface area contributed by atoms with Crippen molar-refractivity contribution in [3.8, 4) is 0 Å². The number of aromatic nitrogens is 2. The van der Waals surface area contributed by atoms with Crippen molar-refractivity contribution in [1.29, 1.82) is 0 Å². The number of anilines is 1. The number of hydrogen-bond acceptors (Lipinski definition) is 6. The third-order valence-corrected chi connectivity index (χ3v) is 6.41. The number of rotatable bonds is 4. The molecular weight excluding hydrogens is 330 g/mol. The molecule has 0 aromatic carbocycles. The summed E-state index contributed by atoms with van der Waals surface area (Å²) in [5, 5.41) is 3.46. The normalized spacial score (nSPS) is 22.4. The van der Waals surface area contributed by atoms with Crippen LogP contribution >= 0.6 is 0 Å². The molecule has 3 rings (SSSR count). The Kier molecular flexibility index (Phi) is 5.05. The first-order valence-electron chi connectivity index (χ1n) is 8.26. The minimum Gasteiger partial charge on any atom is -0.379 e. The largest absolute Gasteiger partial charge is 0.379 e. The van der Waals surface area contributed by atoms with Crippen LogP contribution in [-0.2, 0) is 27.8 Å². The summed E-state index contributed by atoms with van der Waals surface area (Å²) in [4.78, 5) is 9.11. The Morgan fingerprint density at radius 3 is 2.67 bits per heavy atom. The lowest BCUT2D eigenvalue weighted by Crippen LogP contribution is -2.41. The van der Waals surface area contributed by atoms with Gasteiger partial charge in [0.15, 0.2) is 0 Å². The second-order valence-corrected chi connectivity index (χ2v) is 8.58. The van der Waals surface area contributed by atoms with Gasteiger partial charge in [-0.15, -0.1) is 0 Å². The molecule has 1 saturated heterocycles. The van der Waals surface area contributed by atoms with Crippen molar-refractivity contribution < 1.29 is 13.2 Å². The maximum absolute atomic E-state index is 12.4. The smallest absolute Gasteiger partial charge is 0.281 e. The summed E-state index contributed by atoms with van der Waals surface area (Å²) in [6.45, 7) is 4.19. The Balaban J connectivity index is 1.85. The number of nitrogens with zero attached hydrogens (tertiary/aromatic N) is 4. The Morgan fingerprint density at radius 2 is 2.00 bits per heavy atom. The molecule has 1 atom stereocenters. The summed E-state index contributed by atoms with van der Waals surface area (Å²) in [5.41, 5.74) is 1.98. The van der Waals surface area contributed by atoms with Gasteiger partial charge in [0.1, 0.15) is 11.6 Å². The van der Waals surface area contributed by atoms with E-state index < -0.39 is 10.2 Å². The zero-order valence-electron chi connectivity index (χ0n) is 14.4. The van der Waals surface area contributed by atoms with E-state index in [4.69, 9.17) is 4.74 Å². The maximum atomic E-state index is 12.4. The highest BCUT2D eigenvalue weighted by molar-refractivity contribution is 7.86. The zero-order chi connectivity index (χ0) is 17.3. The van der Waals surface area contributed by atoms with Crippen LogP contribution in [0.5, 0.6) is 0 Å². The van der Waals surface area contributed by atoms with Crippen LogP contribution in [0.4, 0.5) is 5.82 Å². The van der Waals surface area contributed by atoms with E-state index in [1.54, 1.807) is 14.1 Å². The number of nitrogens with one attached hydrogen (secondary N) is 1. The lowest BCUT2D eigenvalue weighted by atomic mass is 10.1. The predicted molar refractivity (Wildman–Crippen MR) is 91.2 cm³/mol. The van der Waals surface area contributed by atoms with Gasteiger partial charge in [-0.25, -0.2) is 9.97 Å². The predicted octanol–water partition coefficient (Wildman–Crippen LogP) is 0.193. The van der Waals surface area contributed by atoms with Gasteiger partial charge >= 0.3 is 0 Å². The van der Waals surface area contributed by atoms with Crippen molar-refractivity contribution in [2.45, 2.75) is 32.2 Å². The van der Waals surface area contributed by atoms with E-state index in [1.165, 1.54) is 8.61 Å². The highest BCUT2D eigenvalue weighted by Gasteiger charge is 2.29. The highest BCUT2D eigenvalue weighted by Crippen LogP contribution is 2.24. The summed E-state index contributed by atoms with van der Waals surface area (Å²) in [6, 6.07) is 0.258. The Hall–Kier alpha value is -1.29. The fourth-order valence-electron chi connectivity index (χ4n) is 3.12. The van der Waals surface area contributed by atoms with Crippen LogP contribution in [0.3, 0.4) is 0 Å². The molecule has 0 bridgehead atoms. The molecule has 2 aliphatic rings. The molecule has 0 unspecified atom stereocenters. The van der Waals surface area contributed by atoms with Crippen molar-refractivity contribution in [3.05, 3.63) is 17.1 Å². The minimum atomic E-state index is -3.41. The molecule has 0 saturated carbocycles. The molecule has 8 nitrogen and oxygen atoms in total. The summed E-state index contributed by atoms with van der Waals surface area (Å²) in [6.07, 6.45) is 2.17. The van der Waals surface area contributed by atoms with Crippen LogP contribution in [-0.4, -0.2) is 73.4 Å². The fraction of sp³-hybridized carbons (Fsp3) is 0.733. The van der Waals surface area contributed by atoms with E-state index in [1.807, 2.05) is 6.92 Å². The Labute approximate surface area is 143 Å². The zero-order valence-corrected chi connectivity index (χ0v) is 15.3. The van der Waals surface area contributed by atoms with E-state index >= 15 is 0 Å². The third kappa shape index (κ3) is 3.53. The molecule has 0 radical (unpaired) electrons. The van der Waals surface area contributed by atoms with E-state index in [0.29, 0.717) is 38.4 Å². The topological polar surface area (TPSA) is 87.7 Å². The Bertz CT molecular complexity index is 701. The first kappa shape index (κ1) is 17.5.